The van der Waals surface area contributed by atoms with Crippen molar-refractivity contribution in [2.75, 3.05) is 0 Å². The molecule has 4 aromatic heterocycles. The van der Waals surface area contributed by atoms with E-state index in [0.717, 1.165) is 88.5 Å². The van der Waals surface area contributed by atoms with E-state index in [-0.39, 0.29) is 0 Å². The van der Waals surface area contributed by atoms with Crippen LogP contribution in [0.1, 0.15) is 0 Å². The summed E-state index contributed by atoms with van der Waals surface area (Å²) < 4.78 is 11.4. The molecule has 238 valence electrons. The van der Waals surface area contributed by atoms with E-state index in [9.17, 15) is 0 Å². The molecular formula is C46H28N4O. The van der Waals surface area contributed by atoms with Gasteiger partial charge in [0.05, 0.1) is 33.4 Å². The van der Waals surface area contributed by atoms with Crippen LogP contribution in [0.5, 0.6) is 0 Å². The lowest BCUT2D eigenvalue weighted by Gasteiger charge is -2.14. The van der Waals surface area contributed by atoms with Gasteiger partial charge in [-0.3, -0.25) is 4.57 Å². The Hall–Kier alpha value is -6.98. The van der Waals surface area contributed by atoms with Crippen LogP contribution in [0.15, 0.2) is 174 Å². The smallest absolute Gasteiger partial charge is 0.162 e. The molecule has 0 spiro atoms. The Morgan fingerprint density at radius 1 is 0.412 bits per heavy atom. The molecule has 0 saturated carbocycles. The van der Waals surface area contributed by atoms with Crippen LogP contribution in [0.3, 0.4) is 0 Å². The summed E-state index contributed by atoms with van der Waals surface area (Å²) >= 11 is 0. The lowest BCUT2D eigenvalue weighted by Crippen LogP contribution is -2.04. The lowest BCUT2D eigenvalue weighted by atomic mass is 10.1. The third-order valence-electron chi connectivity index (χ3n) is 10.1. The van der Waals surface area contributed by atoms with Gasteiger partial charge in [0.25, 0.3) is 0 Å². The van der Waals surface area contributed by atoms with E-state index in [1.54, 1.807) is 0 Å². The van der Waals surface area contributed by atoms with Crippen LogP contribution in [0, 0.1) is 0 Å². The van der Waals surface area contributed by atoms with Gasteiger partial charge in [0.15, 0.2) is 11.4 Å². The topological polar surface area (TPSA) is 48.8 Å². The van der Waals surface area contributed by atoms with Crippen molar-refractivity contribution in [3.05, 3.63) is 170 Å². The van der Waals surface area contributed by atoms with E-state index in [1.165, 1.54) is 5.39 Å². The van der Waals surface area contributed by atoms with Crippen molar-refractivity contribution in [3.8, 4) is 34.2 Å². The van der Waals surface area contributed by atoms with Crippen LogP contribution in [0.25, 0.3) is 99.7 Å². The van der Waals surface area contributed by atoms with Crippen molar-refractivity contribution in [3.63, 3.8) is 0 Å². The van der Waals surface area contributed by atoms with Crippen molar-refractivity contribution < 1.29 is 4.42 Å². The van der Waals surface area contributed by atoms with E-state index >= 15 is 0 Å². The molecule has 0 saturated heterocycles. The summed E-state index contributed by atoms with van der Waals surface area (Å²) in [6.45, 7) is 0. The first-order valence-corrected chi connectivity index (χ1v) is 17.2. The van der Waals surface area contributed by atoms with Crippen LogP contribution in [-0.2, 0) is 0 Å². The van der Waals surface area contributed by atoms with Gasteiger partial charge < -0.3 is 8.98 Å². The number of para-hydroxylation sites is 4. The van der Waals surface area contributed by atoms with Crippen LogP contribution in [-0.4, -0.2) is 19.1 Å². The molecule has 0 amide bonds. The Morgan fingerprint density at radius 2 is 0.980 bits per heavy atom. The quantitative estimate of drug-likeness (QED) is 0.190. The van der Waals surface area contributed by atoms with E-state index < -0.39 is 0 Å². The summed E-state index contributed by atoms with van der Waals surface area (Å²) in [5.41, 5.74) is 9.97. The third-order valence-corrected chi connectivity index (χ3v) is 10.1. The Balaban J connectivity index is 1.33. The molecule has 7 aromatic carbocycles. The van der Waals surface area contributed by atoms with Gasteiger partial charge in [0, 0.05) is 49.5 Å². The highest BCUT2D eigenvalue weighted by atomic mass is 16.3. The average Bonchev–Trinajstić information content (AvgIpc) is 3.86. The standard InChI is InChI=1S/C46H28N4O/c1-3-14-29(15-4-1)37-28-42(48-46(47-37)30-16-5-2-6-17-30)50-39-23-11-8-19-32(39)35-27-26-34-31-18-7-10-22-38(31)49(43(34)44(35)50)40-24-13-21-36-33-20-9-12-25-41(33)51-45(36)40/h1-28H. The van der Waals surface area contributed by atoms with Gasteiger partial charge in [0.1, 0.15) is 11.4 Å². The minimum Gasteiger partial charge on any atom is -0.454 e. The predicted octanol–water partition coefficient (Wildman–Crippen LogP) is 11.9. The zero-order valence-corrected chi connectivity index (χ0v) is 27.4. The largest absolute Gasteiger partial charge is 0.454 e. The van der Waals surface area contributed by atoms with Crippen LogP contribution < -0.4 is 0 Å². The molecule has 0 atom stereocenters. The number of aromatic nitrogens is 4. The molecule has 0 fully saturated rings. The summed E-state index contributed by atoms with van der Waals surface area (Å²) in [5, 5.41) is 6.86. The Labute approximate surface area is 292 Å². The van der Waals surface area contributed by atoms with Gasteiger partial charge >= 0.3 is 0 Å². The Kier molecular flexibility index (Phi) is 5.89. The second kappa shape index (κ2) is 10.8. The molecule has 51 heavy (non-hydrogen) atoms. The first-order valence-electron chi connectivity index (χ1n) is 17.2. The minimum absolute atomic E-state index is 0.678. The number of fused-ring (bicyclic) bond motifs is 10. The fourth-order valence-corrected chi connectivity index (χ4v) is 7.92. The Bertz CT molecular complexity index is 3080. The molecule has 0 aliphatic rings. The summed E-state index contributed by atoms with van der Waals surface area (Å²) in [7, 11) is 0. The maximum Gasteiger partial charge on any atom is 0.162 e. The molecule has 0 unspecified atom stereocenters. The highest BCUT2D eigenvalue weighted by Crippen LogP contribution is 2.43. The summed E-state index contributed by atoms with van der Waals surface area (Å²) in [4.78, 5) is 10.5. The zero-order chi connectivity index (χ0) is 33.5. The van der Waals surface area contributed by atoms with Gasteiger partial charge in [-0.25, -0.2) is 9.97 Å². The predicted molar refractivity (Wildman–Crippen MR) is 209 cm³/mol. The van der Waals surface area contributed by atoms with Crippen LogP contribution >= 0.6 is 0 Å². The van der Waals surface area contributed by atoms with Crippen molar-refractivity contribution in [1.29, 1.82) is 0 Å². The molecule has 0 radical (unpaired) electrons. The van der Waals surface area contributed by atoms with Gasteiger partial charge in [-0.2, -0.15) is 0 Å². The second-order valence-corrected chi connectivity index (χ2v) is 13.0. The van der Waals surface area contributed by atoms with E-state index in [0.29, 0.717) is 5.82 Å². The first-order chi connectivity index (χ1) is 25.3. The molecule has 11 aromatic rings. The van der Waals surface area contributed by atoms with Crippen LogP contribution in [0.4, 0.5) is 0 Å². The van der Waals surface area contributed by atoms with E-state index in [1.807, 2.05) is 36.4 Å². The van der Waals surface area contributed by atoms with Crippen molar-refractivity contribution in [1.82, 2.24) is 19.1 Å². The maximum atomic E-state index is 6.67. The summed E-state index contributed by atoms with van der Waals surface area (Å²) in [6, 6.07) is 59.3. The zero-order valence-electron chi connectivity index (χ0n) is 27.4. The Morgan fingerprint density at radius 3 is 1.71 bits per heavy atom. The molecule has 0 aliphatic carbocycles. The van der Waals surface area contributed by atoms with Gasteiger partial charge in [-0.1, -0.05) is 140 Å². The molecule has 5 heteroatoms. The number of hydrogen-bond donors (Lipinski definition) is 0. The molecule has 0 N–H and O–H groups in total. The van der Waals surface area contributed by atoms with E-state index in [2.05, 4.69) is 143 Å². The third kappa shape index (κ3) is 4.09. The van der Waals surface area contributed by atoms with E-state index in [4.69, 9.17) is 14.4 Å². The second-order valence-electron chi connectivity index (χ2n) is 13.0. The molecule has 0 bridgehead atoms. The lowest BCUT2D eigenvalue weighted by molar-refractivity contribution is 0.666. The number of nitrogens with zero attached hydrogens (tertiary/aromatic N) is 4. The molecular weight excluding hydrogens is 625 g/mol. The summed E-state index contributed by atoms with van der Waals surface area (Å²) in [6.07, 6.45) is 0. The SMILES string of the molecule is c1ccc(-c2cc(-n3c4ccccc4c4ccc5c6ccccc6n(-c6cccc7c6oc6ccccc67)c5c43)nc(-c3ccccc3)n2)cc1. The van der Waals surface area contributed by atoms with Crippen molar-refractivity contribution in [2.45, 2.75) is 0 Å². The highest BCUT2D eigenvalue weighted by molar-refractivity contribution is 6.24. The molecule has 0 aliphatic heterocycles. The average molecular weight is 653 g/mol. The fourth-order valence-electron chi connectivity index (χ4n) is 7.92. The van der Waals surface area contributed by atoms with Crippen molar-refractivity contribution in [2.24, 2.45) is 0 Å². The fraction of sp³-hybridized carbons (Fsp3) is 0. The normalized spacial score (nSPS) is 11.9. The molecule has 11 rings (SSSR count). The van der Waals surface area contributed by atoms with Crippen LogP contribution in [0.2, 0.25) is 0 Å². The number of benzene rings is 7. The number of rotatable bonds is 4. The van der Waals surface area contributed by atoms with Gasteiger partial charge in [-0.05, 0) is 24.3 Å². The number of furan rings is 1. The maximum absolute atomic E-state index is 6.67. The summed E-state index contributed by atoms with van der Waals surface area (Å²) in [5.74, 6) is 1.48. The molecule has 5 nitrogen and oxygen atoms in total. The molecule has 4 heterocycles. The van der Waals surface area contributed by atoms with Crippen molar-refractivity contribution >= 4 is 65.6 Å². The highest BCUT2D eigenvalue weighted by Gasteiger charge is 2.24. The van der Waals surface area contributed by atoms with Gasteiger partial charge in [-0.15, -0.1) is 0 Å². The monoisotopic (exact) mass is 652 g/mol. The minimum atomic E-state index is 0.678. The first kappa shape index (κ1) is 27.9. The number of hydrogen-bond acceptors (Lipinski definition) is 3. The van der Waals surface area contributed by atoms with Gasteiger partial charge in [0.2, 0.25) is 0 Å².